The lowest BCUT2D eigenvalue weighted by Gasteiger charge is -2.35. The predicted molar refractivity (Wildman–Crippen MR) is 74.6 cm³/mol. The monoisotopic (exact) mass is 287 g/mol. The molecule has 1 unspecified atom stereocenters. The van der Waals surface area contributed by atoms with E-state index in [4.69, 9.17) is 10.2 Å². The maximum atomic E-state index is 12.1. The molecule has 0 aromatic rings. The zero-order valence-electron chi connectivity index (χ0n) is 12.0. The molecule has 1 aliphatic rings. The highest BCUT2D eigenvalue weighted by Crippen LogP contribution is 2.06. The third-order valence-electron chi connectivity index (χ3n) is 3.46. The van der Waals surface area contributed by atoms with Gasteiger partial charge in [0.15, 0.2) is 0 Å². The minimum absolute atomic E-state index is 0.0376. The average molecular weight is 287 g/mol. The van der Waals surface area contributed by atoms with Gasteiger partial charge in [-0.2, -0.15) is 0 Å². The van der Waals surface area contributed by atoms with Gasteiger partial charge in [-0.05, 0) is 6.42 Å². The molecule has 0 radical (unpaired) electrons. The Bertz CT molecular complexity index is 317. The van der Waals surface area contributed by atoms with Gasteiger partial charge in [-0.1, -0.05) is 13.3 Å². The molecule has 20 heavy (non-hydrogen) atoms. The molecule has 7 heteroatoms. The Morgan fingerprint density at radius 3 is 2.40 bits per heavy atom. The smallest absolute Gasteiger partial charge is 0.317 e. The van der Waals surface area contributed by atoms with E-state index < -0.39 is 5.97 Å². The van der Waals surface area contributed by atoms with Crippen LogP contribution in [0.3, 0.4) is 0 Å². The van der Waals surface area contributed by atoms with E-state index in [0.717, 1.165) is 19.5 Å². The number of aliphatic carboxylic acids is 1. The fraction of sp³-hybridized carbons (Fsp3) is 0.846. The summed E-state index contributed by atoms with van der Waals surface area (Å²) >= 11 is 0. The maximum Gasteiger partial charge on any atom is 0.317 e. The van der Waals surface area contributed by atoms with Crippen molar-refractivity contribution in [1.29, 1.82) is 0 Å². The molecule has 0 aromatic heterocycles. The quantitative estimate of drug-likeness (QED) is 0.610. The van der Waals surface area contributed by atoms with Gasteiger partial charge >= 0.3 is 12.0 Å². The molecule has 1 saturated heterocycles. The third kappa shape index (κ3) is 5.75. The molecule has 0 aromatic carbocycles. The van der Waals surface area contributed by atoms with Crippen LogP contribution in [0.2, 0.25) is 0 Å². The molecule has 3 N–H and O–H groups in total. The molecule has 0 spiro atoms. The summed E-state index contributed by atoms with van der Waals surface area (Å²) in [5.74, 6) is -0.892. The van der Waals surface area contributed by atoms with Gasteiger partial charge in [0, 0.05) is 38.8 Å². The van der Waals surface area contributed by atoms with E-state index in [0.29, 0.717) is 26.1 Å². The van der Waals surface area contributed by atoms with Crippen molar-refractivity contribution in [3.8, 4) is 0 Å². The van der Waals surface area contributed by atoms with E-state index in [9.17, 15) is 9.59 Å². The number of rotatable bonds is 7. The molecule has 7 nitrogen and oxygen atoms in total. The minimum atomic E-state index is -0.892. The molecule has 1 aliphatic heterocycles. The van der Waals surface area contributed by atoms with Crippen molar-refractivity contribution in [2.24, 2.45) is 0 Å². The highest BCUT2D eigenvalue weighted by molar-refractivity contribution is 5.76. The molecular formula is C13H25N3O4. The number of aliphatic hydroxyl groups is 1. The summed E-state index contributed by atoms with van der Waals surface area (Å²) < 4.78 is 0. The number of hydrogen-bond donors (Lipinski definition) is 3. The van der Waals surface area contributed by atoms with Gasteiger partial charge in [0.1, 0.15) is 0 Å². The van der Waals surface area contributed by atoms with Gasteiger partial charge in [0.05, 0.1) is 13.0 Å². The first-order valence-electron chi connectivity index (χ1n) is 7.17. The topological polar surface area (TPSA) is 93.1 Å². The zero-order valence-corrected chi connectivity index (χ0v) is 12.0. The van der Waals surface area contributed by atoms with Crippen LogP contribution in [0.15, 0.2) is 0 Å². The summed E-state index contributed by atoms with van der Waals surface area (Å²) in [4.78, 5) is 26.7. The third-order valence-corrected chi connectivity index (χ3v) is 3.46. The second-order valence-corrected chi connectivity index (χ2v) is 5.09. The van der Waals surface area contributed by atoms with E-state index in [-0.39, 0.29) is 25.1 Å². The number of urea groups is 1. The second-order valence-electron chi connectivity index (χ2n) is 5.09. The second kappa shape index (κ2) is 8.76. The Morgan fingerprint density at radius 1 is 1.25 bits per heavy atom. The van der Waals surface area contributed by atoms with Crippen LogP contribution < -0.4 is 5.32 Å². The van der Waals surface area contributed by atoms with Crippen molar-refractivity contribution >= 4 is 12.0 Å². The van der Waals surface area contributed by atoms with Crippen LogP contribution in [0, 0.1) is 0 Å². The summed E-state index contributed by atoms with van der Waals surface area (Å²) in [7, 11) is 0. The Balaban J connectivity index is 2.39. The lowest BCUT2D eigenvalue weighted by Crippen LogP contribution is -2.54. The first kappa shape index (κ1) is 16.7. The Labute approximate surface area is 119 Å². The Hall–Kier alpha value is -1.34. The van der Waals surface area contributed by atoms with E-state index in [1.54, 1.807) is 4.90 Å². The van der Waals surface area contributed by atoms with Crippen molar-refractivity contribution in [1.82, 2.24) is 15.1 Å². The van der Waals surface area contributed by atoms with Crippen LogP contribution >= 0.6 is 0 Å². The number of aliphatic hydroxyl groups excluding tert-OH is 1. The zero-order chi connectivity index (χ0) is 15.0. The van der Waals surface area contributed by atoms with Crippen molar-refractivity contribution in [3.05, 3.63) is 0 Å². The van der Waals surface area contributed by atoms with Crippen molar-refractivity contribution in [2.45, 2.75) is 32.2 Å². The van der Waals surface area contributed by atoms with Crippen LogP contribution in [-0.4, -0.2) is 77.4 Å². The standard InChI is InChI=1S/C13H25N3O4/c1-2-3-11(10-12(18)19)14-13(20)16-6-4-15(5-7-16)8-9-17/h11,17H,2-10H2,1H3,(H,14,20)(H,18,19). The molecule has 1 fully saturated rings. The largest absolute Gasteiger partial charge is 0.481 e. The van der Waals surface area contributed by atoms with Gasteiger partial charge in [-0.3, -0.25) is 9.69 Å². The molecule has 0 aliphatic carbocycles. The number of piperazine rings is 1. The lowest BCUT2D eigenvalue weighted by atomic mass is 10.1. The Morgan fingerprint density at radius 2 is 1.90 bits per heavy atom. The fourth-order valence-corrected chi connectivity index (χ4v) is 2.37. The highest BCUT2D eigenvalue weighted by atomic mass is 16.4. The van der Waals surface area contributed by atoms with Crippen LogP contribution in [0.25, 0.3) is 0 Å². The number of carboxylic acid groups (broad SMARTS) is 1. The van der Waals surface area contributed by atoms with Gasteiger partial charge in [-0.15, -0.1) is 0 Å². The molecule has 116 valence electrons. The number of carbonyl (C=O) groups is 2. The molecule has 0 bridgehead atoms. The number of amides is 2. The Kier molecular flexibility index (Phi) is 7.32. The number of hydrogen-bond acceptors (Lipinski definition) is 4. The van der Waals surface area contributed by atoms with E-state index in [1.807, 2.05) is 6.92 Å². The van der Waals surface area contributed by atoms with Crippen LogP contribution in [0.4, 0.5) is 4.79 Å². The molecular weight excluding hydrogens is 262 g/mol. The molecule has 1 atom stereocenters. The van der Waals surface area contributed by atoms with Crippen molar-refractivity contribution in [3.63, 3.8) is 0 Å². The van der Waals surface area contributed by atoms with Crippen LogP contribution in [0.5, 0.6) is 0 Å². The summed E-state index contributed by atoms with van der Waals surface area (Å²) in [5.41, 5.74) is 0. The average Bonchev–Trinajstić information content (AvgIpc) is 2.39. The number of nitrogens with one attached hydrogen (secondary N) is 1. The number of β-amino-alcohol motifs (C(OH)–C–C–N with tert-alkyl or cyclic N) is 1. The summed E-state index contributed by atoms with van der Waals surface area (Å²) in [5, 5.41) is 20.5. The molecule has 1 heterocycles. The van der Waals surface area contributed by atoms with Gasteiger partial charge in [0.2, 0.25) is 0 Å². The molecule has 0 saturated carbocycles. The number of nitrogens with zero attached hydrogens (tertiary/aromatic N) is 2. The van der Waals surface area contributed by atoms with Crippen LogP contribution in [-0.2, 0) is 4.79 Å². The first-order valence-corrected chi connectivity index (χ1v) is 7.17. The summed E-state index contributed by atoms with van der Waals surface area (Å²) in [6.45, 7) is 5.43. The van der Waals surface area contributed by atoms with Gasteiger partial charge in [0.25, 0.3) is 0 Å². The molecule has 2 amide bonds. The molecule has 1 rings (SSSR count). The van der Waals surface area contributed by atoms with E-state index in [1.165, 1.54) is 0 Å². The predicted octanol–water partition coefficient (Wildman–Crippen LogP) is -0.0507. The van der Waals surface area contributed by atoms with Gasteiger partial charge < -0.3 is 20.4 Å². The summed E-state index contributed by atoms with van der Waals surface area (Å²) in [6.07, 6.45) is 1.47. The normalized spacial score (nSPS) is 17.8. The minimum Gasteiger partial charge on any atom is -0.481 e. The fourth-order valence-electron chi connectivity index (χ4n) is 2.37. The van der Waals surface area contributed by atoms with E-state index >= 15 is 0 Å². The lowest BCUT2D eigenvalue weighted by molar-refractivity contribution is -0.137. The van der Waals surface area contributed by atoms with Crippen molar-refractivity contribution < 1.29 is 19.8 Å². The highest BCUT2D eigenvalue weighted by Gasteiger charge is 2.23. The number of carbonyl (C=O) groups excluding carboxylic acids is 1. The van der Waals surface area contributed by atoms with Crippen LogP contribution in [0.1, 0.15) is 26.2 Å². The van der Waals surface area contributed by atoms with E-state index in [2.05, 4.69) is 10.2 Å². The van der Waals surface area contributed by atoms with Crippen molar-refractivity contribution in [2.75, 3.05) is 39.3 Å². The maximum absolute atomic E-state index is 12.1. The summed E-state index contributed by atoms with van der Waals surface area (Å²) in [6, 6.07) is -0.492. The van der Waals surface area contributed by atoms with Gasteiger partial charge in [-0.25, -0.2) is 4.79 Å². The number of carboxylic acids is 1. The SMILES string of the molecule is CCCC(CC(=O)O)NC(=O)N1CCN(CCO)CC1. The first-order chi connectivity index (χ1) is 9.56.